The van der Waals surface area contributed by atoms with Crippen molar-refractivity contribution in [1.29, 1.82) is 0 Å². The van der Waals surface area contributed by atoms with Crippen LogP contribution in [0.15, 0.2) is 30.3 Å². The number of rotatable bonds is 5. The molecule has 0 radical (unpaired) electrons. The Bertz CT molecular complexity index is 656. The predicted octanol–water partition coefficient (Wildman–Crippen LogP) is 3.43. The van der Waals surface area contributed by atoms with Gasteiger partial charge in [-0.1, -0.05) is 29.8 Å². The van der Waals surface area contributed by atoms with Gasteiger partial charge in [0.05, 0.1) is 16.1 Å². The van der Waals surface area contributed by atoms with Gasteiger partial charge in [0.25, 0.3) is 5.91 Å². The molecule has 0 saturated carbocycles. The summed E-state index contributed by atoms with van der Waals surface area (Å²) in [4.78, 5) is 16.5. The van der Waals surface area contributed by atoms with Gasteiger partial charge in [-0.15, -0.1) is 0 Å². The minimum absolute atomic E-state index is 0.254. The van der Waals surface area contributed by atoms with Gasteiger partial charge >= 0.3 is 0 Å². The van der Waals surface area contributed by atoms with Crippen LogP contribution in [0.3, 0.4) is 0 Å². The maximum absolute atomic E-state index is 12.2. The Morgan fingerprint density at radius 2 is 2.10 bits per heavy atom. The first kappa shape index (κ1) is 15.7. The standard InChI is InChI=1S/C16H19ClN2O2/c1-4-21-16(2,3)10-18-15(20)14-9-12(17)11-7-5-6-8-13(11)19-14/h5-9H,4,10H2,1-3H3,(H,18,20). The molecule has 0 aliphatic rings. The van der Waals surface area contributed by atoms with Crippen LogP contribution >= 0.6 is 11.6 Å². The van der Waals surface area contributed by atoms with Crippen molar-refractivity contribution in [1.82, 2.24) is 10.3 Å². The largest absolute Gasteiger partial charge is 0.374 e. The van der Waals surface area contributed by atoms with E-state index in [2.05, 4.69) is 10.3 Å². The molecule has 0 fully saturated rings. The van der Waals surface area contributed by atoms with Crippen LogP contribution in [0.1, 0.15) is 31.3 Å². The van der Waals surface area contributed by atoms with E-state index in [4.69, 9.17) is 16.3 Å². The van der Waals surface area contributed by atoms with Gasteiger partial charge in [0, 0.05) is 18.5 Å². The van der Waals surface area contributed by atoms with Gasteiger partial charge in [-0.05, 0) is 32.9 Å². The second-order valence-electron chi connectivity index (χ2n) is 5.38. The van der Waals surface area contributed by atoms with Crippen molar-refractivity contribution < 1.29 is 9.53 Å². The molecular weight excluding hydrogens is 288 g/mol. The molecule has 1 aromatic heterocycles. The van der Waals surface area contributed by atoms with Gasteiger partial charge < -0.3 is 10.1 Å². The van der Waals surface area contributed by atoms with Gasteiger partial charge in [-0.2, -0.15) is 0 Å². The molecule has 5 heteroatoms. The number of pyridine rings is 1. The summed E-state index contributed by atoms with van der Waals surface area (Å²) in [5.74, 6) is -0.254. The fraction of sp³-hybridized carbons (Fsp3) is 0.375. The normalized spacial score (nSPS) is 11.6. The van der Waals surface area contributed by atoms with E-state index in [0.29, 0.717) is 29.4 Å². The first-order valence-corrected chi connectivity index (χ1v) is 7.28. The van der Waals surface area contributed by atoms with E-state index in [-0.39, 0.29) is 5.91 Å². The number of amides is 1. The van der Waals surface area contributed by atoms with Gasteiger partial charge in [-0.3, -0.25) is 4.79 Å². The Morgan fingerprint density at radius 1 is 1.38 bits per heavy atom. The molecule has 0 spiro atoms. The molecule has 1 heterocycles. The lowest BCUT2D eigenvalue weighted by molar-refractivity contribution is -0.00818. The van der Waals surface area contributed by atoms with E-state index >= 15 is 0 Å². The van der Waals surface area contributed by atoms with E-state index < -0.39 is 5.60 Å². The van der Waals surface area contributed by atoms with Crippen LogP contribution < -0.4 is 5.32 Å². The number of nitrogens with one attached hydrogen (secondary N) is 1. The Labute approximate surface area is 129 Å². The summed E-state index contributed by atoms with van der Waals surface area (Å²) in [6.45, 7) is 6.79. The molecular formula is C16H19ClN2O2. The van der Waals surface area contributed by atoms with Gasteiger partial charge in [0.15, 0.2) is 0 Å². The quantitative estimate of drug-likeness (QED) is 0.920. The molecule has 0 unspecified atom stereocenters. The second-order valence-corrected chi connectivity index (χ2v) is 5.79. The van der Waals surface area contributed by atoms with Crippen molar-refractivity contribution in [2.24, 2.45) is 0 Å². The summed E-state index contributed by atoms with van der Waals surface area (Å²) in [5, 5.41) is 4.19. The van der Waals surface area contributed by atoms with Crippen molar-refractivity contribution in [2.75, 3.05) is 13.2 Å². The number of carbonyl (C=O) groups is 1. The summed E-state index contributed by atoms with van der Waals surface area (Å²) in [6.07, 6.45) is 0. The van der Waals surface area contributed by atoms with E-state index in [1.54, 1.807) is 6.07 Å². The average molecular weight is 307 g/mol. The molecule has 2 rings (SSSR count). The Morgan fingerprint density at radius 3 is 2.81 bits per heavy atom. The monoisotopic (exact) mass is 306 g/mol. The summed E-state index contributed by atoms with van der Waals surface area (Å²) >= 11 is 6.20. The SMILES string of the molecule is CCOC(C)(C)CNC(=O)c1cc(Cl)c2ccccc2n1. The molecule has 0 saturated heterocycles. The lowest BCUT2D eigenvalue weighted by atomic mass is 10.1. The van der Waals surface area contributed by atoms with Crippen molar-refractivity contribution in [3.63, 3.8) is 0 Å². The molecule has 0 bridgehead atoms. The Kier molecular flexibility index (Phi) is 4.80. The lowest BCUT2D eigenvalue weighted by Crippen LogP contribution is -2.40. The number of aromatic nitrogens is 1. The summed E-state index contributed by atoms with van der Waals surface area (Å²) < 4.78 is 5.55. The van der Waals surface area contributed by atoms with Crippen LogP contribution in [0.2, 0.25) is 5.02 Å². The molecule has 2 aromatic rings. The zero-order valence-electron chi connectivity index (χ0n) is 12.4. The van der Waals surface area contributed by atoms with Crippen LogP contribution in [0.5, 0.6) is 0 Å². The van der Waals surface area contributed by atoms with E-state index in [9.17, 15) is 4.79 Å². The van der Waals surface area contributed by atoms with E-state index in [1.807, 2.05) is 45.0 Å². The van der Waals surface area contributed by atoms with Crippen molar-refractivity contribution in [3.8, 4) is 0 Å². The third-order valence-electron chi connectivity index (χ3n) is 3.11. The topological polar surface area (TPSA) is 51.2 Å². The summed E-state index contributed by atoms with van der Waals surface area (Å²) in [7, 11) is 0. The number of benzene rings is 1. The molecule has 4 nitrogen and oxygen atoms in total. The number of hydrogen-bond donors (Lipinski definition) is 1. The first-order chi connectivity index (χ1) is 9.93. The summed E-state index contributed by atoms with van der Waals surface area (Å²) in [5.41, 5.74) is 0.607. The molecule has 112 valence electrons. The highest BCUT2D eigenvalue weighted by Crippen LogP contribution is 2.22. The van der Waals surface area contributed by atoms with Crippen LogP contribution in [0, 0.1) is 0 Å². The molecule has 1 amide bonds. The number of carbonyl (C=O) groups excluding carboxylic acids is 1. The molecule has 21 heavy (non-hydrogen) atoms. The summed E-state index contributed by atoms with van der Waals surface area (Å²) in [6, 6.07) is 9.06. The fourth-order valence-corrected chi connectivity index (χ4v) is 2.34. The number of ether oxygens (including phenoxy) is 1. The van der Waals surface area contributed by atoms with Gasteiger partial charge in [0.1, 0.15) is 5.69 Å². The molecule has 1 N–H and O–H groups in total. The van der Waals surface area contributed by atoms with Crippen LogP contribution in [-0.2, 0) is 4.74 Å². The molecule has 0 aliphatic heterocycles. The lowest BCUT2D eigenvalue weighted by Gasteiger charge is -2.24. The van der Waals surface area contributed by atoms with Crippen LogP contribution in [0.25, 0.3) is 10.9 Å². The maximum Gasteiger partial charge on any atom is 0.270 e. The van der Waals surface area contributed by atoms with Crippen molar-refractivity contribution in [2.45, 2.75) is 26.4 Å². The van der Waals surface area contributed by atoms with E-state index in [0.717, 1.165) is 5.39 Å². The van der Waals surface area contributed by atoms with Crippen LogP contribution in [0.4, 0.5) is 0 Å². The second kappa shape index (κ2) is 6.41. The average Bonchev–Trinajstić information content (AvgIpc) is 2.45. The molecule has 0 atom stereocenters. The van der Waals surface area contributed by atoms with Crippen LogP contribution in [-0.4, -0.2) is 29.6 Å². The highest BCUT2D eigenvalue weighted by molar-refractivity contribution is 6.35. The highest BCUT2D eigenvalue weighted by Gasteiger charge is 2.20. The number of hydrogen-bond acceptors (Lipinski definition) is 3. The van der Waals surface area contributed by atoms with Gasteiger partial charge in [-0.25, -0.2) is 4.98 Å². The number of halogens is 1. The van der Waals surface area contributed by atoms with Crippen molar-refractivity contribution >= 4 is 28.4 Å². The molecule has 1 aromatic carbocycles. The third-order valence-corrected chi connectivity index (χ3v) is 3.42. The fourth-order valence-electron chi connectivity index (χ4n) is 2.07. The maximum atomic E-state index is 12.2. The first-order valence-electron chi connectivity index (χ1n) is 6.90. The number of fused-ring (bicyclic) bond motifs is 1. The minimum Gasteiger partial charge on any atom is -0.374 e. The molecule has 0 aliphatic carbocycles. The zero-order chi connectivity index (χ0) is 15.5. The van der Waals surface area contributed by atoms with E-state index in [1.165, 1.54) is 0 Å². The number of para-hydroxylation sites is 1. The van der Waals surface area contributed by atoms with Gasteiger partial charge in [0.2, 0.25) is 0 Å². The highest BCUT2D eigenvalue weighted by atomic mass is 35.5. The van der Waals surface area contributed by atoms with Crippen molar-refractivity contribution in [3.05, 3.63) is 41.0 Å². The predicted molar refractivity (Wildman–Crippen MR) is 84.8 cm³/mol. The Hall–Kier alpha value is -1.65. The zero-order valence-corrected chi connectivity index (χ0v) is 13.2. The minimum atomic E-state index is -0.412. The smallest absolute Gasteiger partial charge is 0.270 e. The third kappa shape index (κ3) is 3.93. The Balaban J connectivity index is 2.16. The number of nitrogens with zero attached hydrogens (tertiary/aromatic N) is 1.